The number of nitrogens with one attached hydrogen (secondary N) is 1. The normalized spacial score (nSPS) is 11.0. The number of aryl methyl sites for hydroxylation is 1. The first kappa shape index (κ1) is 18.2. The Labute approximate surface area is 151 Å². The number of amides is 1. The topological polar surface area (TPSA) is 50.7 Å². The van der Waals surface area contributed by atoms with Gasteiger partial charge in [0.15, 0.2) is 6.61 Å². The van der Waals surface area contributed by atoms with Gasteiger partial charge in [0.1, 0.15) is 0 Å². The van der Waals surface area contributed by atoms with Crippen LogP contribution in [0.1, 0.15) is 36.5 Å². The van der Waals surface area contributed by atoms with Crippen molar-refractivity contribution >= 4 is 33.7 Å². The maximum Gasteiger partial charge on any atom is 0.265 e. The highest BCUT2D eigenvalue weighted by molar-refractivity contribution is 9.10. The summed E-state index contributed by atoms with van der Waals surface area (Å²) in [6, 6.07) is 13.8. The summed E-state index contributed by atoms with van der Waals surface area (Å²) in [7, 11) is 0. The molecule has 0 saturated heterocycles. The Morgan fingerprint density at radius 3 is 2.58 bits per heavy atom. The molecule has 1 amide bonds. The molecule has 0 aromatic heterocycles. The second-order valence-corrected chi connectivity index (χ2v) is 6.72. The molecule has 0 radical (unpaired) electrons. The number of hydrogen-bond acceptors (Lipinski definition) is 3. The molecule has 0 atom stereocenters. The van der Waals surface area contributed by atoms with Crippen molar-refractivity contribution in [3.05, 3.63) is 63.6 Å². The minimum absolute atomic E-state index is 0.138. The van der Waals surface area contributed by atoms with Gasteiger partial charge in [-0.3, -0.25) is 4.79 Å². The first-order valence-electron chi connectivity index (χ1n) is 7.77. The maximum atomic E-state index is 11.8. The molecular weight excluding hydrogens is 368 g/mol. The molecule has 24 heavy (non-hydrogen) atoms. The van der Waals surface area contributed by atoms with Crippen LogP contribution < -0.4 is 5.32 Å². The summed E-state index contributed by atoms with van der Waals surface area (Å²) in [4.78, 5) is 16.9. The highest BCUT2D eigenvalue weighted by atomic mass is 79.9. The summed E-state index contributed by atoms with van der Waals surface area (Å²) >= 11 is 3.42. The Kier molecular flexibility index (Phi) is 6.55. The van der Waals surface area contributed by atoms with E-state index in [0.717, 1.165) is 15.6 Å². The molecule has 5 heteroatoms. The minimum Gasteiger partial charge on any atom is -0.386 e. The summed E-state index contributed by atoms with van der Waals surface area (Å²) < 4.78 is 0.838. The van der Waals surface area contributed by atoms with Gasteiger partial charge in [-0.15, -0.1) is 0 Å². The molecule has 0 aliphatic rings. The standard InChI is InChI=1S/C19H21BrN2O2/c1-13(2)16-7-5-15(6-8-16)11-21-24-12-19(23)22-18-9-4-14(3)10-17(18)20/h4-11,13H,12H2,1-3H3,(H,22,23)/b21-11-. The molecule has 126 valence electrons. The third-order valence-electron chi connectivity index (χ3n) is 3.47. The van der Waals surface area contributed by atoms with Crippen LogP contribution in [0.4, 0.5) is 5.69 Å². The molecule has 2 rings (SSSR count). The van der Waals surface area contributed by atoms with Gasteiger partial charge in [-0.1, -0.05) is 49.3 Å². The van der Waals surface area contributed by atoms with E-state index in [-0.39, 0.29) is 12.5 Å². The van der Waals surface area contributed by atoms with E-state index in [9.17, 15) is 4.79 Å². The van der Waals surface area contributed by atoms with Crippen molar-refractivity contribution in [2.45, 2.75) is 26.7 Å². The predicted octanol–water partition coefficient (Wildman–Crippen LogP) is 4.87. The van der Waals surface area contributed by atoms with Crippen LogP contribution in [0.2, 0.25) is 0 Å². The van der Waals surface area contributed by atoms with Crippen molar-refractivity contribution in [3.8, 4) is 0 Å². The average Bonchev–Trinajstić information content (AvgIpc) is 2.55. The quantitative estimate of drug-likeness (QED) is 0.566. The SMILES string of the molecule is Cc1ccc(NC(=O)CO/N=C\c2ccc(C(C)C)cc2)c(Br)c1. The lowest BCUT2D eigenvalue weighted by Gasteiger charge is -2.07. The van der Waals surface area contributed by atoms with Crippen LogP contribution in [0.15, 0.2) is 52.1 Å². The number of halogens is 1. The molecule has 0 unspecified atom stereocenters. The fourth-order valence-corrected chi connectivity index (χ4v) is 2.66. The van der Waals surface area contributed by atoms with Gasteiger partial charge in [0, 0.05) is 4.47 Å². The number of hydrogen-bond donors (Lipinski definition) is 1. The fraction of sp³-hybridized carbons (Fsp3) is 0.263. The van der Waals surface area contributed by atoms with E-state index < -0.39 is 0 Å². The zero-order valence-electron chi connectivity index (χ0n) is 14.0. The predicted molar refractivity (Wildman–Crippen MR) is 102 cm³/mol. The number of nitrogens with zero attached hydrogens (tertiary/aromatic N) is 1. The third kappa shape index (κ3) is 5.49. The van der Waals surface area contributed by atoms with Gasteiger partial charge in [-0.2, -0.15) is 0 Å². The summed E-state index contributed by atoms with van der Waals surface area (Å²) in [5.74, 6) is 0.240. The van der Waals surface area contributed by atoms with Crippen LogP contribution in [-0.2, 0) is 9.63 Å². The van der Waals surface area contributed by atoms with Crippen LogP contribution in [0.3, 0.4) is 0 Å². The van der Waals surface area contributed by atoms with Crippen LogP contribution >= 0.6 is 15.9 Å². The summed E-state index contributed by atoms with van der Waals surface area (Å²) in [6.07, 6.45) is 1.60. The highest BCUT2D eigenvalue weighted by Gasteiger charge is 2.06. The van der Waals surface area contributed by atoms with Gasteiger partial charge in [-0.05, 0) is 57.6 Å². The number of anilines is 1. The molecule has 0 heterocycles. The van der Waals surface area contributed by atoms with E-state index in [2.05, 4.69) is 52.4 Å². The van der Waals surface area contributed by atoms with Crippen molar-refractivity contribution in [3.63, 3.8) is 0 Å². The summed E-state index contributed by atoms with van der Waals surface area (Å²) in [6.45, 7) is 6.15. The molecule has 0 saturated carbocycles. The zero-order valence-corrected chi connectivity index (χ0v) is 15.6. The van der Waals surface area contributed by atoms with Crippen LogP contribution in [-0.4, -0.2) is 18.7 Å². The lowest BCUT2D eigenvalue weighted by atomic mass is 10.0. The lowest BCUT2D eigenvalue weighted by molar-refractivity contribution is -0.120. The van der Waals surface area contributed by atoms with Gasteiger partial charge in [0.25, 0.3) is 5.91 Å². The molecule has 0 fully saturated rings. The van der Waals surface area contributed by atoms with Gasteiger partial charge in [0.05, 0.1) is 11.9 Å². The van der Waals surface area contributed by atoms with Crippen molar-refractivity contribution in [1.29, 1.82) is 0 Å². The van der Waals surface area contributed by atoms with Gasteiger partial charge in [-0.25, -0.2) is 0 Å². The van der Waals surface area contributed by atoms with E-state index >= 15 is 0 Å². The Morgan fingerprint density at radius 1 is 1.25 bits per heavy atom. The van der Waals surface area contributed by atoms with Gasteiger partial charge < -0.3 is 10.2 Å². The zero-order chi connectivity index (χ0) is 17.5. The van der Waals surface area contributed by atoms with E-state index in [1.807, 2.05) is 37.3 Å². The summed E-state index contributed by atoms with van der Waals surface area (Å²) in [5.41, 5.74) is 4.03. The van der Waals surface area contributed by atoms with Gasteiger partial charge >= 0.3 is 0 Å². The van der Waals surface area contributed by atoms with Crippen LogP contribution in [0, 0.1) is 6.92 Å². The fourth-order valence-electron chi connectivity index (χ4n) is 2.07. The first-order chi connectivity index (χ1) is 11.5. The van der Waals surface area contributed by atoms with Crippen molar-refractivity contribution in [2.24, 2.45) is 5.16 Å². The van der Waals surface area contributed by atoms with Crippen molar-refractivity contribution < 1.29 is 9.63 Å². The van der Waals surface area contributed by atoms with Crippen LogP contribution in [0.5, 0.6) is 0 Å². The Hall–Kier alpha value is -2.14. The lowest BCUT2D eigenvalue weighted by Crippen LogP contribution is -2.17. The maximum absolute atomic E-state index is 11.8. The average molecular weight is 389 g/mol. The number of carbonyl (C=O) groups excluding carboxylic acids is 1. The summed E-state index contributed by atoms with van der Waals surface area (Å²) in [5, 5.41) is 6.61. The second kappa shape index (κ2) is 8.64. The Morgan fingerprint density at radius 2 is 1.96 bits per heavy atom. The molecule has 0 bridgehead atoms. The Balaban J connectivity index is 1.81. The van der Waals surface area contributed by atoms with E-state index in [4.69, 9.17) is 4.84 Å². The Bertz CT molecular complexity index is 725. The first-order valence-corrected chi connectivity index (χ1v) is 8.56. The number of oxime groups is 1. The molecule has 2 aromatic carbocycles. The highest BCUT2D eigenvalue weighted by Crippen LogP contribution is 2.23. The van der Waals surface area contributed by atoms with Crippen molar-refractivity contribution in [1.82, 2.24) is 0 Å². The van der Waals surface area contributed by atoms with E-state index in [1.54, 1.807) is 6.21 Å². The van der Waals surface area contributed by atoms with Crippen LogP contribution in [0.25, 0.3) is 0 Å². The number of benzene rings is 2. The van der Waals surface area contributed by atoms with Gasteiger partial charge in [0.2, 0.25) is 0 Å². The molecule has 4 nitrogen and oxygen atoms in total. The molecular formula is C19H21BrN2O2. The van der Waals surface area contributed by atoms with Crippen molar-refractivity contribution in [2.75, 3.05) is 11.9 Å². The largest absolute Gasteiger partial charge is 0.386 e. The minimum atomic E-state index is -0.258. The van der Waals surface area contributed by atoms with E-state index in [1.165, 1.54) is 5.56 Å². The molecule has 1 N–H and O–H groups in total. The monoisotopic (exact) mass is 388 g/mol. The molecule has 0 aliphatic carbocycles. The second-order valence-electron chi connectivity index (χ2n) is 5.86. The molecule has 2 aromatic rings. The number of carbonyl (C=O) groups is 1. The smallest absolute Gasteiger partial charge is 0.265 e. The van der Waals surface area contributed by atoms with E-state index in [0.29, 0.717) is 11.6 Å². The molecule has 0 spiro atoms. The third-order valence-corrected chi connectivity index (χ3v) is 4.13. The number of rotatable bonds is 6. The molecule has 0 aliphatic heterocycles.